The normalized spacial score (nSPS) is 10.3. The van der Waals surface area contributed by atoms with Gasteiger partial charge in [0.15, 0.2) is 0 Å². The van der Waals surface area contributed by atoms with Gasteiger partial charge in [-0.25, -0.2) is 0 Å². The minimum absolute atomic E-state index is 0.0301. The van der Waals surface area contributed by atoms with E-state index in [-0.39, 0.29) is 5.57 Å². The second-order valence-corrected chi connectivity index (χ2v) is 4.59. The Hall–Kier alpha value is -3.57. The third kappa shape index (κ3) is 4.20. The van der Waals surface area contributed by atoms with Crippen LogP contribution < -0.4 is 10.1 Å². The first kappa shape index (κ1) is 15.8. The number of methoxy groups -OCH3 is 1. The average Bonchev–Trinajstić information content (AvgIpc) is 2.60. The maximum Gasteiger partial charge on any atom is 0.266 e. The summed E-state index contributed by atoms with van der Waals surface area (Å²) in [7, 11) is 1.53. The Morgan fingerprint density at radius 1 is 1.17 bits per heavy atom. The van der Waals surface area contributed by atoms with Crippen LogP contribution in [0.3, 0.4) is 0 Å². The molecule has 0 aliphatic carbocycles. The summed E-state index contributed by atoms with van der Waals surface area (Å²) in [5, 5.41) is 20.6. The highest BCUT2D eigenvalue weighted by Crippen LogP contribution is 2.18. The molecule has 23 heavy (non-hydrogen) atoms. The van der Waals surface area contributed by atoms with Crippen molar-refractivity contribution < 1.29 is 9.53 Å². The minimum atomic E-state index is -0.509. The van der Waals surface area contributed by atoms with E-state index < -0.39 is 5.91 Å². The summed E-state index contributed by atoms with van der Waals surface area (Å²) in [4.78, 5) is 12.2. The highest BCUT2D eigenvalue weighted by molar-refractivity contribution is 6.09. The van der Waals surface area contributed by atoms with Crippen LogP contribution in [0, 0.1) is 22.7 Å². The number of hydrogen-bond donors (Lipinski definition) is 1. The van der Waals surface area contributed by atoms with Gasteiger partial charge in [-0.3, -0.25) is 4.79 Å². The molecule has 0 bridgehead atoms. The van der Waals surface area contributed by atoms with E-state index in [2.05, 4.69) is 5.32 Å². The fourth-order valence-electron chi connectivity index (χ4n) is 1.87. The zero-order valence-corrected chi connectivity index (χ0v) is 12.4. The number of benzene rings is 2. The molecule has 112 valence electrons. The SMILES string of the molecule is COc1cccc(NC(=O)/C(C#N)=C/c2ccc(C#N)cc2)c1. The van der Waals surface area contributed by atoms with Gasteiger partial charge in [-0.2, -0.15) is 10.5 Å². The molecule has 2 rings (SSSR count). The fraction of sp³-hybridized carbons (Fsp3) is 0.0556. The molecule has 0 fully saturated rings. The van der Waals surface area contributed by atoms with Gasteiger partial charge in [0.2, 0.25) is 0 Å². The summed E-state index contributed by atoms with van der Waals surface area (Å²) in [5.74, 6) is 0.0995. The van der Waals surface area contributed by atoms with Gasteiger partial charge in [-0.1, -0.05) is 18.2 Å². The third-order valence-corrected chi connectivity index (χ3v) is 3.04. The van der Waals surface area contributed by atoms with Gasteiger partial charge in [-0.05, 0) is 35.9 Å². The number of carbonyl (C=O) groups is 1. The van der Waals surface area contributed by atoms with Crippen LogP contribution in [0.2, 0.25) is 0 Å². The van der Waals surface area contributed by atoms with Gasteiger partial charge in [-0.15, -0.1) is 0 Å². The zero-order chi connectivity index (χ0) is 16.7. The van der Waals surface area contributed by atoms with Gasteiger partial charge in [0.05, 0.1) is 18.7 Å². The Bertz CT molecular complexity index is 825. The van der Waals surface area contributed by atoms with Crippen LogP contribution in [0.1, 0.15) is 11.1 Å². The predicted molar refractivity (Wildman–Crippen MR) is 86.4 cm³/mol. The van der Waals surface area contributed by atoms with Crippen molar-refractivity contribution in [3.63, 3.8) is 0 Å². The van der Waals surface area contributed by atoms with Crippen molar-refractivity contribution >= 4 is 17.7 Å². The Balaban J connectivity index is 2.19. The smallest absolute Gasteiger partial charge is 0.266 e. The maximum absolute atomic E-state index is 12.2. The van der Waals surface area contributed by atoms with Crippen LogP contribution in [0.25, 0.3) is 6.08 Å². The Morgan fingerprint density at radius 2 is 1.91 bits per heavy atom. The van der Waals surface area contributed by atoms with Gasteiger partial charge < -0.3 is 10.1 Å². The molecule has 0 spiro atoms. The van der Waals surface area contributed by atoms with Gasteiger partial charge in [0.25, 0.3) is 5.91 Å². The second kappa shape index (κ2) is 7.44. The molecule has 1 N–H and O–H groups in total. The maximum atomic E-state index is 12.2. The number of nitriles is 2. The number of hydrogen-bond acceptors (Lipinski definition) is 4. The summed E-state index contributed by atoms with van der Waals surface area (Å²) in [6, 6.07) is 17.4. The van der Waals surface area contributed by atoms with E-state index in [0.717, 1.165) is 0 Å². The van der Waals surface area contributed by atoms with Crippen molar-refractivity contribution in [2.45, 2.75) is 0 Å². The predicted octanol–water partition coefficient (Wildman–Crippen LogP) is 3.11. The average molecular weight is 303 g/mol. The molecule has 0 radical (unpaired) electrons. The zero-order valence-electron chi connectivity index (χ0n) is 12.4. The van der Waals surface area contributed by atoms with Crippen molar-refractivity contribution in [2.24, 2.45) is 0 Å². The molecule has 0 saturated carbocycles. The molecule has 5 nitrogen and oxygen atoms in total. The topological polar surface area (TPSA) is 85.9 Å². The monoisotopic (exact) mass is 303 g/mol. The lowest BCUT2D eigenvalue weighted by Crippen LogP contribution is -2.13. The van der Waals surface area contributed by atoms with Crippen LogP contribution in [-0.4, -0.2) is 13.0 Å². The van der Waals surface area contributed by atoms with Crippen molar-refractivity contribution in [2.75, 3.05) is 12.4 Å². The standard InChI is InChI=1S/C18H13N3O2/c1-23-17-4-2-3-16(10-17)21-18(22)15(12-20)9-13-5-7-14(11-19)8-6-13/h2-10H,1H3,(H,21,22)/b15-9+. The lowest BCUT2D eigenvalue weighted by Gasteiger charge is -2.06. The van der Waals surface area contributed by atoms with Crippen LogP contribution in [0.5, 0.6) is 5.75 Å². The second-order valence-electron chi connectivity index (χ2n) is 4.59. The molecule has 2 aromatic carbocycles. The summed E-state index contributed by atoms with van der Waals surface area (Å²) in [6.45, 7) is 0. The van der Waals surface area contributed by atoms with E-state index in [4.69, 9.17) is 10.00 Å². The highest BCUT2D eigenvalue weighted by atomic mass is 16.5. The molecule has 0 unspecified atom stereocenters. The Kier molecular flexibility index (Phi) is 5.12. The Labute approximate surface area is 134 Å². The fourth-order valence-corrected chi connectivity index (χ4v) is 1.87. The summed E-state index contributed by atoms with van der Waals surface area (Å²) < 4.78 is 5.08. The van der Waals surface area contributed by atoms with E-state index >= 15 is 0 Å². The molecule has 2 aromatic rings. The van der Waals surface area contributed by atoms with E-state index in [1.807, 2.05) is 12.1 Å². The largest absolute Gasteiger partial charge is 0.497 e. The lowest BCUT2D eigenvalue weighted by molar-refractivity contribution is -0.112. The van der Waals surface area contributed by atoms with Crippen molar-refractivity contribution in [1.29, 1.82) is 10.5 Å². The van der Waals surface area contributed by atoms with Crippen LogP contribution in [0.15, 0.2) is 54.1 Å². The van der Waals surface area contributed by atoms with Crippen LogP contribution in [0.4, 0.5) is 5.69 Å². The van der Waals surface area contributed by atoms with E-state index in [1.165, 1.54) is 13.2 Å². The number of ether oxygens (including phenoxy) is 1. The number of amides is 1. The molecule has 0 aliphatic heterocycles. The molecule has 0 aromatic heterocycles. The lowest BCUT2D eigenvalue weighted by atomic mass is 10.1. The van der Waals surface area contributed by atoms with Gasteiger partial charge >= 0.3 is 0 Å². The van der Waals surface area contributed by atoms with Gasteiger partial charge in [0.1, 0.15) is 17.4 Å². The summed E-state index contributed by atoms with van der Waals surface area (Å²) in [6.07, 6.45) is 1.47. The molecular weight excluding hydrogens is 290 g/mol. The molecule has 0 atom stereocenters. The quantitative estimate of drug-likeness (QED) is 0.694. The molecule has 0 heterocycles. The molecule has 1 amide bonds. The number of rotatable bonds is 4. The molecule has 5 heteroatoms. The summed E-state index contributed by atoms with van der Waals surface area (Å²) in [5.41, 5.74) is 1.69. The summed E-state index contributed by atoms with van der Waals surface area (Å²) >= 11 is 0. The first-order valence-electron chi connectivity index (χ1n) is 6.73. The van der Waals surface area contributed by atoms with Crippen LogP contribution >= 0.6 is 0 Å². The third-order valence-electron chi connectivity index (χ3n) is 3.04. The molecule has 0 saturated heterocycles. The van der Waals surface area contributed by atoms with Crippen LogP contribution in [-0.2, 0) is 4.79 Å². The van der Waals surface area contributed by atoms with Gasteiger partial charge in [0, 0.05) is 11.8 Å². The van der Waals surface area contributed by atoms with E-state index in [9.17, 15) is 10.1 Å². The van der Waals surface area contributed by atoms with Crippen molar-refractivity contribution in [3.8, 4) is 17.9 Å². The number of carbonyl (C=O) groups excluding carboxylic acids is 1. The number of nitrogens with zero attached hydrogens (tertiary/aromatic N) is 2. The van der Waals surface area contributed by atoms with E-state index in [1.54, 1.807) is 48.5 Å². The first-order valence-corrected chi connectivity index (χ1v) is 6.73. The molecule has 0 aliphatic rings. The Morgan fingerprint density at radius 3 is 2.52 bits per heavy atom. The minimum Gasteiger partial charge on any atom is -0.497 e. The van der Waals surface area contributed by atoms with E-state index in [0.29, 0.717) is 22.6 Å². The number of anilines is 1. The molecular formula is C18H13N3O2. The van der Waals surface area contributed by atoms with Crippen molar-refractivity contribution in [1.82, 2.24) is 0 Å². The number of nitrogens with one attached hydrogen (secondary N) is 1. The first-order chi connectivity index (χ1) is 11.2. The van der Waals surface area contributed by atoms with Crippen molar-refractivity contribution in [3.05, 3.63) is 65.2 Å². The highest BCUT2D eigenvalue weighted by Gasteiger charge is 2.10.